The van der Waals surface area contributed by atoms with E-state index in [-0.39, 0.29) is 17.3 Å². The summed E-state index contributed by atoms with van der Waals surface area (Å²) in [5.41, 5.74) is 1.22. The van der Waals surface area contributed by atoms with E-state index in [1.165, 1.54) is 42.5 Å². The Morgan fingerprint density at radius 2 is 1.33 bits per heavy atom. The molecule has 0 aliphatic carbocycles. The fourth-order valence-corrected chi connectivity index (χ4v) is 1.93. The SMILES string of the molecule is O=C(Nc1ccc(F)cc1)c1ccc(Nc2ccc(F)cc2)nn1. The Morgan fingerprint density at radius 3 is 1.88 bits per heavy atom. The molecule has 0 aliphatic heterocycles. The second-order valence-corrected chi connectivity index (χ2v) is 4.90. The summed E-state index contributed by atoms with van der Waals surface area (Å²) in [6, 6.07) is 14.2. The highest BCUT2D eigenvalue weighted by molar-refractivity contribution is 6.02. The molecule has 0 unspecified atom stereocenters. The van der Waals surface area contributed by atoms with Crippen LogP contribution in [-0.4, -0.2) is 16.1 Å². The quantitative estimate of drug-likeness (QED) is 0.766. The van der Waals surface area contributed by atoms with Gasteiger partial charge < -0.3 is 10.6 Å². The van der Waals surface area contributed by atoms with Gasteiger partial charge in [-0.2, -0.15) is 0 Å². The van der Waals surface area contributed by atoms with Crippen LogP contribution in [0.25, 0.3) is 0 Å². The molecular formula is C17H12F2N4O. The predicted octanol–water partition coefficient (Wildman–Crippen LogP) is 3.75. The maximum Gasteiger partial charge on any atom is 0.276 e. The summed E-state index contributed by atoms with van der Waals surface area (Å²) in [4.78, 5) is 12.0. The molecule has 1 aromatic heterocycles. The molecule has 120 valence electrons. The highest BCUT2D eigenvalue weighted by atomic mass is 19.1. The monoisotopic (exact) mass is 326 g/mol. The van der Waals surface area contributed by atoms with Crippen molar-refractivity contribution in [3.8, 4) is 0 Å². The molecule has 2 N–H and O–H groups in total. The van der Waals surface area contributed by atoms with E-state index in [4.69, 9.17) is 0 Å². The Kier molecular flexibility index (Phi) is 4.42. The standard InChI is InChI=1S/C17H12F2N4O/c18-11-1-5-13(6-2-11)20-16-10-9-15(22-23-16)17(24)21-14-7-3-12(19)4-8-14/h1-10H,(H,20,23)(H,21,24). The minimum Gasteiger partial charge on any atom is -0.339 e. The Bertz CT molecular complexity index is 834. The van der Waals surface area contributed by atoms with E-state index in [2.05, 4.69) is 20.8 Å². The largest absolute Gasteiger partial charge is 0.339 e. The van der Waals surface area contributed by atoms with E-state index in [1.54, 1.807) is 18.2 Å². The van der Waals surface area contributed by atoms with Gasteiger partial charge in [-0.1, -0.05) is 0 Å². The van der Waals surface area contributed by atoms with Crippen LogP contribution in [-0.2, 0) is 0 Å². The van der Waals surface area contributed by atoms with Crippen molar-refractivity contribution in [2.45, 2.75) is 0 Å². The maximum atomic E-state index is 12.8. The number of hydrogen-bond acceptors (Lipinski definition) is 4. The van der Waals surface area contributed by atoms with Gasteiger partial charge in [-0.15, -0.1) is 10.2 Å². The van der Waals surface area contributed by atoms with E-state index < -0.39 is 5.91 Å². The van der Waals surface area contributed by atoms with Crippen LogP contribution in [0.4, 0.5) is 26.0 Å². The number of carbonyl (C=O) groups is 1. The zero-order valence-electron chi connectivity index (χ0n) is 12.3. The normalized spacial score (nSPS) is 10.2. The van der Waals surface area contributed by atoms with Crippen molar-refractivity contribution in [2.75, 3.05) is 10.6 Å². The lowest BCUT2D eigenvalue weighted by Crippen LogP contribution is -2.14. The van der Waals surface area contributed by atoms with Crippen molar-refractivity contribution < 1.29 is 13.6 Å². The molecule has 7 heteroatoms. The number of rotatable bonds is 4. The van der Waals surface area contributed by atoms with E-state index in [1.807, 2.05) is 0 Å². The summed E-state index contributed by atoms with van der Waals surface area (Å²) in [7, 11) is 0. The molecule has 0 saturated carbocycles. The first kappa shape index (κ1) is 15.5. The topological polar surface area (TPSA) is 66.9 Å². The minimum atomic E-state index is -0.456. The first-order valence-corrected chi connectivity index (χ1v) is 7.03. The van der Waals surface area contributed by atoms with Crippen LogP contribution in [0.2, 0.25) is 0 Å². The number of nitrogens with zero attached hydrogens (tertiary/aromatic N) is 2. The van der Waals surface area contributed by atoms with Crippen molar-refractivity contribution in [2.24, 2.45) is 0 Å². The third kappa shape index (κ3) is 3.89. The average molecular weight is 326 g/mol. The van der Waals surface area contributed by atoms with Gasteiger partial charge in [0.25, 0.3) is 5.91 Å². The summed E-state index contributed by atoms with van der Waals surface area (Å²) >= 11 is 0. The van der Waals surface area contributed by atoms with Crippen LogP contribution < -0.4 is 10.6 Å². The molecule has 1 amide bonds. The lowest BCUT2D eigenvalue weighted by Gasteiger charge is -2.06. The number of hydrogen-bond donors (Lipinski definition) is 2. The van der Waals surface area contributed by atoms with E-state index >= 15 is 0 Å². The number of amides is 1. The average Bonchev–Trinajstić information content (AvgIpc) is 2.59. The van der Waals surface area contributed by atoms with Crippen LogP contribution in [0.5, 0.6) is 0 Å². The fraction of sp³-hybridized carbons (Fsp3) is 0. The summed E-state index contributed by atoms with van der Waals surface area (Å²) in [6.07, 6.45) is 0. The molecule has 0 radical (unpaired) electrons. The molecule has 0 fully saturated rings. The van der Waals surface area contributed by atoms with Crippen LogP contribution in [0.3, 0.4) is 0 Å². The molecule has 0 aliphatic rings. The van der Waals surface area contributed by atoms with Crippen molar-refractivity contribution >= 4 is 23.1 Å². The molecule has 3 rings (SSSR count). The van der Waals surface area contributed by atoms with Gasteiger partial charge in [0.05, 0.1) is 0 Å². The van der Waals surface area contributed by atoms with Gasteiger partial charge in [-0.3, -0.25) is 4.79 Å². The van der Waals surface area contributed by atoms with Crippen LogP contribution in [0.15, 0.2) is 60.7 Å². The second-order valence-electron chi connectivity index (χ2n) is 4.90. The van der Waals surface area contributed by atoms with Gasteiger partial charge in [0.2, 0.25) is 0 Å². The predicted molar refractivity (Wildman–Crippen MR) is 86.1 cm³/mol. The molecule has 2 aromatic carbocycles. The smallest absolute Gasteiger partial charge is 0.276 e. The zero-order chi connectivity index (χ0) is 16.9. The van der Waals surface area contributed by atoms with Gasteiger partial charge in [0.15, 0.2) is 11.5 Å². The van der Waals surface area contributed by atoms with E-state index in [9.17, 15) is 13.6 Å². The van der Waals surface area contributed by atoms with Crippen molar-refractivity contribution in [3.63, 3.8) is 0 Å². The molecule has 3 aromatic rings. The molecule has 0 saturated heterocycles. The summed E-state index contributed by atoms with van der Waals surface area (Å²) < 4.78 is 25.7. The van der Waals surface area contributed by atoms with Gasteiger partial charge in [0.1, 0.15) is 11.6 Å². The number of carbonyl (C=O) groups excluding carboxylic acids is 1. The third-order valence-electron chi connectivity index (χ3n) is 3.12. The van der Waals surface area contributed by atoms with E-state index in [0.29, 0.717) is 17.2 Å². The maximum absolute atomic E-state index is 12.8. The Hall–Kier alpha value is -3.35. The minimum absolute atomic E-state index is 0.115. The zero-order valence-corrected chi connectivity index (χ0v) is 12.3. The highest BCUT2D eigenvalue weighted by Crippen LogP contribution is 2.15. The number of benzene rings is 2. The van der Waals surface area contributed by atoms with Gasteiger partial charge in [0, 0.05) is 11.4 Å². The number of anilines is 3. The Labute approximate surface area is 136 Å². The van der Waals surface area contributed by atoms with Crippen LogP contribution in [0, 0.1) is 11.6 Å². The summed E-state index contributed by atoms with van der Waals surface area (Å²) in [5.74, 6) is -0.758. The highest BCUT2D eigenvalue weighted by Gasteiger charge is 2.09. The van der Waals surface area contributed by atoms with Gasteiger partial charge in [-0.05, 0) is 60.7 Å². The Morgan fingerprint density at radius 1 is 0.750 bits per heavy atom. The molecule has 0 atom stereocenters. The molecule has 24 heavy (non-hydrogen) atoms. The van der Waals surface area contributed by atoms with Gasteiger partial charge in [-0.25, -0.2) is 8.78 Å². The molecule has 5 nitrogen and oxygen atoms in total. The molecule has 0 spiro atoms. The summed E-state index contributed by atoms with van der Waals surface area (Å²) in [6.45, 7) is 0. The van der Waals surface area contributed by atoms with Crippen molar-refractivity contribution in [3.05, 3.63) is 78.0 Å². The number of nitrogens with one attached hydrogen (secondary N) is 2. The first-order chi connectivity index (χ1) is 11.6. The third-order valence-corrected chi connectivity index (χ3v) is 3.12. The second kappa shape index (κ2) is 6.82. The van der Waals surface area contributed by atoms with Crippen LogP contribution >= 0.6 is 0 Å². The van der Waals surface area contributed by atoms with Gasteiger partial charge >= 0.3 is 0 Å². The number of aromatic nitrogens is 2. The molecular weight excluding hydrogens is 314 g/mol. The Balaban J connectivity index is 1.66. The lowest BCUT2D eigenvalue weighted by molar-refractivity contribution is 0.102. The number of halogens is 2. The first-order valence-electron chi connectivity index (χ1n) is 7.03. The summed E-state index contributed by atoms with van der Waals surface area (Å²) in [5, 5.41) is 13.3. The van der Waals surface area contributed by atoms with Crippen molar-refractivity contribution in [1.29, 1.82) is 0 Å². The van der Waals surface area contributed by atoms with Crippen LogP contribution in [0.1, 0.15) is 10.5 Å². The fourth-order valence-electron chi connectivity index (χ4n) is 1.93. The van der Waals surface area contributed by atoms with E-state index in [0.717, 1.165) is 0 Å². The molecule has 1 heterocycles. The molecule has 0 bridgehead atoms. The van der Waals surface area contributed by atoms with Crippen molar-refractivity contribution in [1.82, 2.24) is 10.2 Å². The lowest BCUT2D eigenvalue weighted by atomic mass is 10.3.